The molecule has 0 spiro atoms. The van der Waals surface area contributed by atoms with Gasteiger partial charge in [-0.2, -0.15) is 0 Å². The van der Waals surface area contributed by atoms with Gasteiger partial charge in [0.2, 0.25) is 11.8 Å². The van der Waals surface area contributed by atoms with Crippen LogP contribution < -0.4 is 10.9 Å². The maximum atomic E-state index is 12.7. The highest BCUT2D eigenvalue weighted by atomic mass is 16.2. The Morgan fingerprint density at radius 2 is 1.58 bits per heavy atom. The lowest BCUT2D eigenvalue weighted by Gasteiger charge is -2.38. The van der Waals surface area contributed by atoms with Gasteiger partial charge in [0.15, 0.2) is 0 Å². The maximum absolute atomic E-state index is 12.7. The molecule has 1 fully saturated rings. The number of hydrazine groups is 1. The van der Waals surface area contributed by atoms with Crippen LogP contribution in [-0.2, 0) is 9.59 Å². The van der Waals surface area contributed by atoms with Gasteiger partial charge in [-0.05, 0) is 24.1 Å². The highest BCUT2D eigenvalue weighted by Gasteiger charge is 2.38. The molecule has 2 N–H and O–H groups in total. The number of nitrogens with one attached hydrogen (secondary N) is 2. The Bertz CT molecular complexity index is 792. The molecule has 1 aliphatic heterocycles. The molecule has 1 heterocycles. The molecule has 1 aliphatic rings. The number of hydrogen-bond donors (Lipinski definition) is 2. The van der Waals surface area contributed by atoms with E-state index in [0.717, 1.165) is 5.56 Å². The first-order chi connectivity index (χ1) is 12.6. The Morgan fingerprint density at radius 1 is 0.962 bits per heavy atom. The van der Waals surface area contributed by atoms with Crippen molar-refractivity contribution in [2.75, 3.05) is 7.05 Å². The van der Waals surface area contributed by atoms with E-state index < -0.39 is 5.92 Å². The number of benzene rings is 2. The Morgan fingerprint density at radius 3 is 2.23 bits per heavy atom. The third-order valence-corrected chi connectivity index (χ3v) is 4.67. The fourth-order valence-corrected chi connectivity index (χ4v) is 3.29. The summed E-state index contributed by atoms with van der Waals surface area (Å²) < 4.78 is 0. The van der Waals surface area contributed by atoms with E-state index in [0.29, 0.717) is 18.4 Å². The van der Waals surface area contributed by atoms with E-state index in [1.165, 1.54) is 0 Å². The van der Waals surface area contributed by atoms with Crippen LogP contribution in [0, 0.1) is 5.92 Å². The average molecular weight is 351 g/mol. The number of piperidine rings is 1. The normalized spacial score (nSPS) is 19.7. The molecule has 1 saturated heterocycles. The smallest absolute Gasteiger partial charge is 0.269 e. The number of amides is 3. The van der Waals surface area contributed by atoms with Crippen molar-refractivity contribution in [2.45, 2.75) is 18.9 Å². The molecule has 0 saturated carbocycles. The minimum atomic E-state index is -0.434. The zero-order valence-corrected chi connectivity index (χ0v) is 14.5. The van der Waals surface area contributed by atoms with Gasteiger partial charge >= 0.3 is 0 Å². The van der Waals surface area contributed by atoms with Crippen LogP contribution in [0.5, 0.6) is 0 Å². The number of nitrogens with zero attached hydrogens (tertiary/aromatic N) is 1. The van der Waals surface area contributed by atoms with Gasteiger partial charge in [-0.1, -0.05) is 48.5 Å². The van der Waals surface area contributed by atoms with E-state index in [9.17, 15) is 14.4 Å². The second-order valence-corrected chi connectivity index (χ2v) is 6.31. The Labute approximate surface area is 152 Å². The zero-order chi connectivity index (χ0) is 18.5. The van der Waals surface area contributed by atoms with E-state index in [-0.39, 0.29) is 23.8 Å². The average Bonchev–Trinajstić information content (AvgIpc) is 2.69. The molecule has 2 atom stereocenters. The van der Waals surface area contributed by atoms with E-state index in [1.807, 2.05) is 36.4 Å². The summed E-state index contributed by atoms with van der Waals surface area (Å²) >= 11 is 0. The van der Waals surface area contributed by atoms with Crippen LogP contribution in [0.25, 0.3) is 0 Å². The summed E-state index contributed by atoms with van der Waals surface area (Å²) in [7, 11) is 1.71. The van der Waals surface area contributed by atoms with E-state index in [1.54, 1.807) is 36.2 Å². The summed E-state index contributed by atoms with van der Waals surface area (Å²) in [5.41, 5.74) is 6.32. The van der Waals surface area contributed by atoms with E-state index in [4.69, 9.17) is 0 Å². The van der Waals surface area contributed by atoms with Crippen molar-refractivity contribution in [3.8, 4) is 0 Å². The monoisotopic (exact) mass is 351 g/mol. The van der Waals surface area contributed by atoms with E-state index >= 15 is 0 Å². The standard InChI is InChI=1S/C20H21N3O3/c1-23-17(24)13-12-16(18(23)14-8-4-2-5-9-14)20(26)22-21-19(25)15-10-6-3-7-11-15/h2-11,16,18H,12-13H2,1H3,(H,21,25)(H,22,26)/t16-,18-/m0/s1. The Kier molecular flexibility index (Phi) is 5.31. The van der Waals surface area contributed by atoms with Crippen LogP contribution in [-0.4, -0.2) is 29.7 Å². The predicted octanol–water partition coefficient (Wildman–Crippen LogP) is 2.06. The zero-order valence-electron chi connectivity index (χ0n) is 14.5. The van der Waals surface area contributed by atoms with Crippen molar-refractivity contribution in [1.82, 2.24) is 15.8 Å². The lowest BCUT2D eigenvalue weighted by Crippen LogP contribution is -2.50. The Hall–Kier alpha value is -3.15. The van der Waals surface area contributed by atoms with Gasteiger partial charge in [-0.15, -0.1) is 0 Å². The molecule has 2 aromatic carbocycles. The molecule has 0 bridgehead atoms. The van der Waals surface area contributed by atoms with Crippen LogP contribution in [0.1, 0.15) is 34.8 Å². The van der Waals surface area contributed by atoms with Crippen molar-refractivity contribution in [1.29, 1.82) is 0 Å². The third-order valence-electron chi connectivity index (χ3n) is 4.67. The fraction of sp³-hybridized carbons (Fsp3) is 0.250. The van der Waals surface area contributed by atoms with Gasteiger partial charge in [0.25, 0.3) is 5.91 Å². The SMILES string of the molecule is CN1C(=O)CC[C@H](C(=O)NNC(=O)c2ccccc2)[C@@H]1c1ccccc1. The van der Waals surface area contributed by atoms with Crippen molar-refractivity contribution in [3.05, 3.63) is 71.8 Å². The molecule has 0 aliphatic carbocycles. The lowest BCUT2D eigenvalue weighted by molar-refractivity contribution is -0.142. The Balaban J connectivity index is 1.72. The predicted molar refractivity (Wildman–Crippen MR) is 96.7 cm³/mol. The first-order valence-electron chi connectivity index (χ1n) is 8.54. The molecular formula is C20H21N3O3. The van der Waals surface area contributed by atoms with Crippen LogP contribution in [0.3, 0.4) is 0 Å². The minimum Gasteiger partial charge on any atom is -0.338 e. The van der Waals surface area contributed by atoms with Crippen molar-refractivity contribution in [3.63, 3.8) is 0 Å². The molecule has 6 heteroatoms. The third kappa shape index (κ3) is 3.74. The molecule has 0 aromatic heterocycles. The van der Waals surface area contributed by atoms with Crippen LogP contribution >= 0.6 is 0 Å². The molecule has 6 nitrogen and oxygen atoms in total. The van der Waals surface area contributed by atoms with Gasteiger partial charge in [-0.25, -0.2) is 0 Å². The first kappa shape index (κ1) is 17.7. The molecule has 0 radical (unpaired) electrons. The summed E-state index contributed by atoms with van der Waals surface area (Å²) in [6.45, 7) is 0. The number of rotatable bonds is 3. The number of hydrogen-bond acceptors (Lipinski definition) is 3. The van der Waals surface area contributed by atoms with Crippen molar-refractivity contribution in [2.24, 2.45) is 5.92 Å². The number of carbonyl (C=O) groups excluding carboxylic acids is 3. The number of likely N-dealkylation sites (tertiary alicyclic amines) is 1. The van der Waals surface area contributed by atoms with Gasteiger partial charge in [0.05, 0.1) is 12.0 Å². The summed E-state index contributed by atoms with van der Waals surface area (Å²) in [4.78, 5) is 38.6. The quantitative estimate of drug-likeness (QED) is 0.831. The summed E-state index contributed by atoms with van der Waals surface area (Å²) in [6, 6.07) is 17.8. The molecule has 3 rings (SSSR count). The molecule has 26 heavy (non-hydrogen) atoms. The topological polar surface area (TPSA) is 78.5 Å². The molecule has 134 valence electrons. The van der Waals surface area contributed by atoms with Crippen LogP contribution in [0.2, 0.25) is 0 Å². The van der Waals surface area contributed by atoms with Gasteiger partial charge < -0.3 is 4.90 Å². The summed E-state index contributed by atoms with van der Waals surface area (Å²) in [6.07, 6.45) is 0.750. The van der Waals surface area contributed by atoms with Crippen molar-refractivity contribution < 1.29 is 14.4 Å². The van der Waals surface area contributed by atoms with Gasteiger partial charge in [0.1, 0.15) is 0 Å². The summed E-state index contributed by atoms with van der Waals surface area (Å²) in [5, 5.41) is 0. The largest absolute Gasteiger partial charge is 0.338 e. The lowest BCUT2D eigenvalue weighted by atomic mass is 9.84. The second-order valence-electron chi connectivity index (χ2n) is 6.31. The molecule has 0 unspecified atom stereocenters. The van der Waals surface area contributed by atoms with Crippen LogP contribution in [0.15, 0.2) is 60.7 Å². The fourth-order valence-electron chi connectivity index (χ4n) is 3.29. The van der Waals surface area contributed by atoms with Gasteiger partial charge in [0, 0.05) is 19.0 Å². The number of carbonyl (C=O) groups is 3. The molecule has 3 amide bonds. The minimum absolute atomic E-state index is 0.0104. The first-order valence-corrected chi connectivity index (χ1v) is 8.54. The van der Waals surface area contributed by atoms with Crippen LogP contribution in [0.4, 0.5) is 0 Å². The summed E-state index contributed by atoms with van der Waals surface area (Å²) in [5.74, 6) is -1.11. The second kappa shape index (κ2) is 7.82. The van der Waals surface area contributed by atoms with E-state index in [2.05, 4.69) is 10.9 Å². The molecule has 2 aromatic rings. The highest BCUT2D eigenvalue weighted by Crippen LogP contribution is 2.35. The van der Waals surface area contributed by atoms with Crippen molar-refractivity contribution >= 4 is 17.7 Å². The highest BCUT2D eigenvalue weighted by molar-refractivity contribution is 5.95. The van der Waals surface area contributed by atoms with Gasteiger partial charge in [-0.3, -0.25) is 25.2 Å². The maximum Gasteiger partial charge on any atom is 0.269 e. The molecular weight excluding hydrogens is 330 g/mol.